The number of Topliss-reactive ketones (excluding diaryl/α,β-unsaturated/α-hetero) is 1. The smallest absolute Gasteiger partial charge is 0.178 e. The Hall–Kier alpha value is -1.16. The maximum Gasteiger partial charge on any atom is 0.178 e. The highest BCUT2D eigenvalue weighted by atomic mass is 32.2. The minimum Gasteiger partial charge on any atom is -0.299 e. The Balaban J connectivity index is 2.04. The fraction of sp³-hybridized carbons (Fsp3) is 0.562. The first-order valence-electron chi connectivity index (χ1n) is 7.25. The minimum absolute atomic E-state index is 0.0419. The Morgan fingerprint density at radius 1 is 1.20 bits per heavy atom. The van der Waals surface area contributed by atoms with Gasteiger partial charge in [0, 0.05) is 12.3 Å². The lowest BCUT2D eigenvalue weighted by Gasteiger charge is -2.10. The molecule has 1 fully saturated rings. The Labute approximate surface area is 121 Å². The van der Waals surface area contributed by atoms with Gasteiger partial charge in [0.25, 0.3) is 0 Å². The number of carbonyl (C=O) groups is 1. The summed E-state index contributed by atoms with van der Waals surface area (Å²) in [5.74, 6) is 0.655. The van der Waals surface area contributed by atoms with Gasteiger partial charge in [-0.25, -0.2) is 8.42 Å². The van der Waals surface area contributed by atoms with E-state index < -0.39 is 9.84 Å². The molecule has 0 aliphatic heterocycles. The van der Waals surface area contributed by atoms with Gasteiger partial charge >= 0.3 is 0 Å². The molecule has 4 heteroatoms. The van der Waals surface area contributed by atoms with Crippen molar-refractivity contribution in [2.75, 3.05) is 5.75 Å². The van der Waals surface area contributed by atoms with Gasteiger partial charge < -0.3 is 0 Å². The molecule has 1 saturated carbocycles. The van der Waals surface area contributed by atoms with Gasteiger partial charge in [0.2, 0.25) is 0 Å². The second-order valence-corrected chi connectivity index (χ2v) is 8.00. The second kappa shape index (κ2) is 6.08. The van der Waals surface area contributed by atoms with E-state index in [1.807, 2.05) is 12.1 Å². The average Bonchev–Trinajstić information content (AvgIpc) is 2.82. The van der Waals surface area contributed by atoms with Gasteiger partial charge in [-0.05, 0) is 42.9 Å². The van der Waals surface area contributed by atoms with Gasteiger partial charge in [0.15, 0.2) is 9.84 Å². The first kappa shape index (κ1) is 15.2. The molecule has 20 heavy (non-hydrogen) atoms. The van der Waals surface area contributed by atoms with Gasteiger partial charge in [-0.3, -0.25) is 4.79 Å². The third-order valence-electron chi connectivity index (χ3n) is 4.07. The van der Waals surface area contributed by atoms with E-state index in [-0.39, 0.29) is 17.5 Å². The Morgan fingerprint density at radius 2 is 1.85 bits per heavy atom. The molecule has 1 aromatic rings. The molecule has 110 valence electrons. The summed E-state index contributed by atoms with van der Waals surface area (Å²) in [6.45, 7) is 4.16. The van der Waals surface area contributed by atoms with E-state index in [2.05, 4.69) is 13.8 Å². The number of benzene rings is 1. The lowest BCUT2D eigenvalue weighted by atomic mass is 10.0. The monoisotopic (exact) mass is 294 g/mol. The molecule has 1 aromatic carbocycles. The predicted octanol–water partition coefficient (Wildman–Crippen LogP) is 3.34. The summed E-state index contributed by atoms with van der Waals surface area (Å²) < 4.78 is 24.5. The Kier molecular flexibility index (Phi) is 4.63. The van der Waals surface area contributed by atoms with Crippen LogP contribution in [0.3, 0.4) is 0 Å². The fourth-order valence-electron chi connectivity index (χ4n) is 2.67. The second-order valence-electron chi connectivity index (χ2n) is 5.89. The van der Waals surface area contributed by atoms with Crippen LogP contribution < -0.4 is 0 Å². The predicted molar refractivity (Wildman–Crippen MR) is 79.5 cm³/mol. The molecule has 0 spiro atoms. The van der Waals surface area contributed by atoms with Crippen LogP contribution in [0.15, 0.2) is 29.2 Å². The average molecular weight is 294 g/mol. The molecule has 0 saturated heterocycles. The van der Waals surface area contributed by atoms with Gasteiger partial charge in [0.1, 0.15) is 5.78 Å². The van der Waals surface area contributed by atoms with Crippen LogP contribution in [0.25, 0.3) is 0 Å². The van der Waals surface area contributed by atoms with Crippen LogP contribution in [0.2, 0.25) is 0 Å². The van der Waals surface area contributed by atoms with Crippen molar-refractivity contribution in [2.24, 2.45) is 5.92 Å². The zero-order chi connectivity index (χ0) is 14.8. The molecule has 0 amide bonds. The maximum atomic E-state index is 12.3. The summed E-state index contributed by atoms with van der Waals surface area (Å²) in [6.07, 6.45) is 2.84. The van der Waals surface area contributed by atoms with Crippen molar-refractivity contribution in [3.63, 3.8) is 0 Å². The van der Waals surface area contributed by atoms with Crippen LogP contribution in [-0.4, -0.2) is 20.0 Å². The first-order valence-corrected chi connectivity index (χ1v) is 8.91. The molecule has 3 nitrogen and oxygen atoms in total. The number of ketones is 1. The van der Waals surface area contributed by atoms with Crippen molar-refractivity contribution >= 4 is 15.6 Å². The van der Waals surface area contributed by atoms with E-state index in [0.29, 0.717) is 23.7 Å². The van der Waals surface area contributed by atoms with Crippen LogP contribution in [-0.2, 0) is 14.6 Å². The summed E-state index contributed by atoms with van der Waals surface area (Å²) in [5.41, 5.74) is 1.13. The van der Waals surface area contributed by atoms with Gasteiger partial charge in [-0.1, -0.05) is 26.0 Å². The van der Waals surface area contributed by atoms with Crippen molar-refractivity contribution < 1.29 is 13.2 Å². The SMILES string of the molecule is CC(C)c1ccc(S(=O)(=O)CCC2CCCC2=O)cc1. The molecular formula is C16H22O3S. The van der Waals surface area contributed by atoms with E-state index >= 15 is 0 Å². The number of hydrogen-bond donors (Lipinski definition) is 0. The zero-order valence-corrected chi connectivity index (χ0v) is 12.9. The van der Waals surface area contributed by atoms with Crippen molar-refractivity contribution in [1.82, 2.24) is 0 Å². The summed E-state index contributed by atoms with van der Waals surface area (Å²) in [5, 5.41) is 0. The first-order chi connectivity index (χ1) is 9.40. The summed E-state index contributed by atoms with van der Waals surface area (Å²) in [6, 6.07) is 7.11. The van der Waals surface area contributed by atoms with Crippen LogP contribution >= 0.6 is 0 Å². The lowest BCUT2D eigenvalue weighted by molar-refractivity contribution is -0.120. The molecule has 1 unspecified atom stereocenters. The normalized spacial score (nSPS) is 19.8. The molecular weight excluding hydrogens is 272 g/mol. The largest absolute Gasteiger partial charge is 0.299 e. The quantitative estimate of drug-likeness (QED) is 0.837. The highest BCUT2D eigenvalue weighted by Crippen LogP contribution is 2.26. The minimum atomic E-state index is -3.27. The van der Waals surface area contributed by atoms with Crippen molar-refractivity contribution in [3.8, 4) is 0 Å². The molecule has 0 radical (unpaired) electrons. The highest BCUT2D eigenvalue weighted by Gasteiger charge is 2.26. The molecule has 0 N–H and O–H groups in total. The number of rotatable bonds is 5. The number of sulfone groups is 1. The Bertz CT molecular complexity index is 570. The van der Waals surface area contributed by atoms with E-state index in [0.717, 1.165) is 18.4 Å². The lowest BCUT2D eigenvalue weighted by Crippen LogP contribution is -2.14. The van der Waals surface area contributed by atoms with Crippen LogP contribution in [0, 0.1) is 5.92 Å². The number of carbonyl (C=O) groups excluding carboxylic acids is 1. The fourth-order valence-corrected chi connectivity index (χ4v) is 4.05. The van der Waals surface area contributed by atoms with Gasteiger partial charge in [-0.15, -0.1) is 0 Å². The van der Waals surface area contributed by atoms with E-state index in [4.69, 9.17) is 0 Å². The van der Waals surface area contributed by atoms with Crippen molar-refractivity contribution in [1.29, 1.82) is 0 Å². The topological polar surface area (TPSA) is 51.2 Å². The molecule has 2 rings (SSSR count). The van der Waals surface area contributed by atoms with E-state index in [1.165, 1.54) is 0 Å². The number of hydrogen-bond acceptors (Lipinski definition) is 3. The van der Waals surface area contributed by atoms with Crippen molar-refractivity contribution in [2.45, 2.75) is 50.3 Å². The maximum absolute atomic E-state index is 12.3. The Morgan fingerprint density at radius 3 is 2.35 bits per heavy atom. The van der Waals surface area contributed by atoms with E-state index in [1.54, 1.807) is 12.1 Å². The van der Waals surface area contributed by atoms with Gasteiger partial charge in [0.05, 0.1) is 10.6 Å². The standard InChI is InChI=1S/C16H22O3S/c1-12(2)13-6-8-15(9-7-13)20(18,19)11-10-14-4-3-5-16(14)17/h6-9,12,14H,3-5,10-11H2,1-2H3. The van der Waals surface area contributed by atoms with Crippen LogP contribution in [0.4, 0.5) is 0 Å². The van der Waals surface area contributed by atoms with E-state index in [9.17, 15) is 13.2 Å². The molecule has 1 aliphatic carbocycles. The molecule has 0 bridgehead atoms. The molecule has 1 aliphatic rings. The molecule has 0 heterocycles. The summed E-state index contributed by atoms with van der Waals surface area (Å²) in [4.78, 5) is 11.9. The van der Waals surface area contributed by atoms with Crippen molar-refractivity contribution in [3.05, 3.63) is 29.8 Å². The third kappa shape index (κ3) is 3.48. The highest BCUT2D eigenvalue weighted by molar-refractivity contribution is 7.91. The molecule has 0 aromatic heterocycles. The van der Waals surface area contributed by atoms with Gasteiger partial charge in [-0.2, -0.15) is 0 Å². The van der Waals surface area contributed by atoms with Crippen LogP contribution in [0.1, 0.15) is 51.0 Å². The summed E-state index contributed by atoms with van der Waals surface area (Å²) >= 11 is 0. The van der Waals surface area contributed by atoms with Crippen LogP contribution in [0.5, 0.6) is 0 Å². The zero-order valence-electron chi connectivity index (χ0n) is 12.1. The third-order valence-corrected chi connectivity index (χ3v) is 5.84. The molecule has 1 atom stereocenters. The summed E-state index contributed by atoms with van der Waals surface area (Å²) in [7, 11) is -3.27.